The lowest BCUT2D eigenvalue weighted by Gasteiger charge is -2.23. The summed E-state index contributed by atoms with van der Waals surface area (Å²) in [6.45, 7) is 15.2. The predicted octanol–water partition coefficient (Wildman–Crippen LogP) is 4.95. The Morgan fingerprint density at radius 3 is 2.43 bits per heavy atom. The Morgan fingerprint density at radius 2 is 1.95 bits per heavy atom. The van der Waals surface area contributed by atoms with Gasteiger partial charge in [0.25, 0.3) is 0 Å². The molecule has 0 heterocycles. The van der Waals surface area contributed by atoms with Gasteiger partial charge in [-0.1, -0.05) is 46.8 Å². The van der Waals surface area contributed by atoms with Gasteiger partial charge in [0.15, 0.2) is 6.29 Å². The maximum atomic E-state index is 11.5. The van der Waals surface area contributed by atoms with Gasteiger partial charge in [0.2, 0.25) is 0 Å². The maximum Gasteiger partial charge on any atom is 0.153 e. The summed E-state index contributed by atoms with van der Waals surface area (Å²) in [5.41, 5.74) is 2.84. The van der Waals surface area contributed by atoms with Crippen LogP contribution in [0.5, 0.6) is 5.75 Å². The first-order chi connectivity index (χ1) is 9.79. The molecular formula is C19H28O2. The molecule has 0 radical (unpaired) electrons. The van der Waals surface area contributed by atoms with E-state index >= 15 is 0 Å². The molecule has 2 nitrogen and oxygen atoms in total. The van der Waals surface area contributed by atoms with E-state index < -0.39 is 0 Å². The summed E-state index contributed by atoms with van der Waals surface area (Å²) in [5, 5.41) is 0. The minimum Gasteiger partial charge on any atom is -0.493 e. The van der Waals surface area contributed by atoms with Crippen molar-refractivity contribution in [3.63, 3.8) is 0 Å². The number of hydrogen-bond acceptors (Lipinski definition) is 2. The Balaban J connectivity index is 3.19. The van der Waals surface area contributed by atoms with Crippen molar-refractivity contribution in [1.29, 1.82) is 0 Å². The quantitative estimate of drug-likeness (QED) is 0.524. The third-order valence-corrected chi connectivity index (χ3v) is 3.49. The Bertz CT molecular complexity index is 493. The van der Waals surface area contributed by atoms with Gasteiger partial charge < -0.3 is 4.74 Å². The number of carbonyl (C=O) groups excluding carboxylic acids is 1. The minimum absolute atomic E-state index is 0.00411. The maximum absolute atomic E-state index is 11.5. The number of benzene rings is 1. The number of allylic oxidation sites excluding steroid dienone is 1. The SMILES string of the molecule is C=CCc1cc(C(C)(C)C)cc(C=O)c1OCCC(C)C. The molecule has 0 saturated heterocycles. The zero-order valence-electron chi connectivity index (χ0n) is 14.0. The van der Waals surface area contributed by atoms with Crippen LogP contribution in [-0.4, -0.2) is 12.9 Å². The zero-order valence-corrected chi connectivity index (χ0v) is 14.0. The molecule has 1 aromatic carbocycles. The van der Waals surface area contributed by atoms with Gasteiger partial charge in [0.1, 0.15) is 5.75 Å². The number of rotatable bonds is 7. The summed E-state index contributed by atoms with van der Waals surface area (Å²) in [7, 11) is 0. The molecule has 0 aliphatic rings. The highest BCUT2D eigenvalue weighted by atomic mass is 16.5. The van der Waals surface area contributed by atoms with Crippen molar-refractivity contribution in [3.8, 4) is 5.75 Å². The highest BCUT2D eigenvalue weighted by molar-refractivity contribution is 5.81. The van der Waals surface area contributed by atoms with E-state index in [2.05, 4.69) is 47.3 Å². The fraction of sp³-hybridized carbons (Fsp3) is 0.526. The Kier molecular flexibility index (Phi) is 6.19. The molecule has 0 spiro atoms. The fourth-order valence-corrected chi connectivity index (χ4v) is 2.11. The van der Waals surface area contributed by atoms with Crippen LogP contribution in [0.15, 0.2) is 24.8 Å². The fourth-order valence-electron chi connectivity index (χ4n) is 2.11. The zero-order chi connectivity index (χ0) is 16.0. The van der Waals surface area contributed by atoms with Crippen LogP contribution in [0.3, 0.4) is 0 Å². The molecule has 2 heteroatoms. The van der Waals surface area contributed by atoms with Crippen molar-refractivity contribution in [2.24, 2.45) is 5.92 Å². The lowest BCUT2D eigenvalue weighted by Crippen LogP contribution is -2.14. The van der Waals surface area contributed by atoms with Gasteiger partial charge in [-0.2, -0.15) is 0 Å². The van der Waals surface area contributed by atoms with Gasteiger partial charge in [-0.25, -0.2) is 0 Å². The van der Waals surface area contributed by atoms with Gasteiger partial charge in [-0.05, 0) is 41.4 Å². The monoisotopic (exact) mass is 288 g/mol. The Morgan fingerprint density at radius 1 is 1.29 bits per heavy atom. The highest BCUT2D eigenvalue weighted by Crippen LogP contribution is 2.32. The molecule has 0 amide bonds. The number of hydrogen-bond donors (Lipinski definition) is 0. The minimum atomic E-state index is 0.00411. The molecule has 116 valence electrons. The van der Waals surface area contributed by atoms with E-state index in [1.165, 1.54) is 0 Å². The van der Waals surface area contributed by atoms with E-state index in [0.29, 0.717) is 24.5 Å². The highest BCUT2D eigenvalue weighted by Gasteiger charge is 2.19. The molecule has 0 bridgehead atoms. The van der Waals surface area contributed by atoms with Gasteiger partial charge in [0, 0.05) is 0 Å². The van der Waals surface area contributed by atoms with E-state index in [0.717, 1.165) is 29.6 Å². The summed E-state index contributed by atoms with van der Waals surface area (Å²) in [6.07, 6.45) is 4.44. The topological polar surface area (TPSA) is 26.3 Å². The van der Waals surface area contributed by atoms with Gasteiger partial charge in [-0.15, -0.1) is 6.58 Å². The smallest absolute Gasteiger partial charge is 0.153 e. The van der Waals surface area contributed by atoms with Gasteiger partial charge >= 0.3 is 0 Å². The molecule has 1 aromatic rings. The molecule has 0 aromatic heterocycles. The second kappa shape index (κ2) is 7.44. The van der Waals surface area contributed by atoms with Crippen LogP contribution < -0.4 is 4.74 Å². The first-order valence-electron chi connectivity index (χ1n) is 7.65. The predicted molar refractivity (Wildman–Crippen MR) is 89.4 cm³/mol. The number of carbonyl (C=O) groups is 1. The molecule has 0 aliphatic heterocycles. The normalized spacial score (nSPS) is 11.5. The second-order valence-electron chi connectivity index (χ2n) is 6.95. The molecule has 1 rings (SSSR count). The third-order valence-electron chi connectivity index (χ3n) is 3.49. The van der Waals surface area contributed by atoms with Crippen LogP contribution >= 0.6 is 0 Å². The molecule has 21 heavy (non-hydrogen) atoms. The average molecular weight is 288 g/mol. The summed E-state index contributed by atoms with van der Waals surface area (Å²) >= 11 is 0. The standard InChI is InChI=1S/C19H28O2/c1-7-8-15-11-17(19(4,5)6)12-16(13-20)18(15)21-10-9-14(2)3/h7,11-14H,1,8-10H2,2-6H3. The molecule has 0 aliphatic carbocycles. The van der Waals surface area contributed by atoms with Gasteiger partial charge in [0.05, 0.1) is 12.2 Å². The molecule has 0 unspecified atom stereocenters. The van der Waals surface area contributed by atoms with Crippen molar-refractivity contribution in [3.05, 3.63) is 41.5 Å². The van der Waals surface area contributed by atoms with Crippen LogP contribution in [-0.2, 0) is 11.8 Å². The largest absolute Gasteiger partial charge is 0.493 e. The first-order valence-corrected chi connectivity index (χ1v) is 7.65. The second-order valence-corrected chi connectivity index (χ2v) is 6.95. The van der Waals surface area contributed by atoms with Crippen LogP contribution in [0.2, 0.25) is 0 Å². The summed E-state index contributed by atoms with van der Waals surface area (Å²) in [4.78, 5) is 11.5. The lowest BCUT2D eigenvalue weighted by molar-refractivity contribution is 0.111. The van der Waals surface area contributed by atoms with E-state index in [9.17, 15) is 4.79 Å². The van der Waals surface area contributed by atoms with Crippen molar-refractivity contribution in [1.82, 2.24) is 0 Å². The number of aldehydes is 1. The summed E-state index contributed by atoms with van der Waals surface area (Å²) in [5.74, 6) is 1.31. The molecular weight excluding hydrogens is 260 g/mol. The molecule has 0 N–H and O–H groups in total. The lowest BCUT2D eigenvalue weighted by atomic mass is 9.84. The van der Waals surface area contributed by atoms with E-state index in [-0.39, 0.29) is 5.41 Å². The summed E-state index contributed by atoms with van der Waals surface area (Å²) < 4.78 is 5.91. The van der Waals surface area contributed by atoms with Crippen LogP contribution in [0.25, 0.3) is 0 Å². The summed E-state index contributed by atoms with van der Waals surface area (Å²) in [6, 6.07) is 4.09. The van der Waals surface area contributed by atoms with Crippen molar-refractivity contribution < 1.29 is 9.53 Å². The number of ether oxygens (including phenoxy) is 1. The van der Waals surface area contributed by atoms with Crippen molar-refractivity contribution in [2.75, 3.05) is 6.61 Å². The van der Waals surface area contributed by atoms with Crippen molar-refractivity contribution in [2.45, 2.75) is 52.9 Å². The van der Waals surface area contributed by atoms with E-state index in [1.807, 2.05) is 12.1 Å². The van der Waals surface area contributed by atoms with Crippen LogP contribution in [0, 0.1) is 5.92 Å². The Hall–Kier alpha value is -1.57. The molecule has 0 saturated carbocycles. The van der Waals surface area contributed by atoms with Crippen molar-refractivity contribution >= 4 is 6.29 Å². The first kappa shape index (κ1) is 17.5. The average Bonchev–Trinajstić information content (AvgIpc) is 2.38. The Labute approximate surface area is 129 Å². The van der Waals surface area contributed by atoms with Crippen LogP contribution in [0.4, 0.5) is 0 Å². The van der Waals surface area contributed by atoms with Gasteiger partial charge in [-0.3, -0.25) is 4.79 Å². The third kappa shape index (κ3) is 5.04. The molecule has 0 fully saturated rings. The van der Waals surface area contributed by atoms with Crippen LogP contribution in [0.1, 0.15) is 62.5 Å². The van der Waals surface area contributed by atoms with E-state index in [1.54, 1.807) is 0 Å². The molecule has 0 atom stereocenters. The van der Waals surface area contributed by atoms with E-state index in [4.69, 9.17) is 4.74 Å².